The molecule has 3 aromatic rings. The zero-order chi connectivity index (χ0) is 18.0. The van der Waals surface area contributed by atoms with Crippen LogP contribution < -0.4 is 11.5 Å². The van der Waals surface area contributed by atoms with Crippen molar-refractivity contribution in [3.05, 3.63) is 29.3 Å². The van der Waals surface area contributed by atoms with Crippen molar-refractivity contribution in [3.8, 4) is 0 Å². The Kier molecular flexibility index (Phi) is 5.00. The van der Waals surface area contributed by atoms with Crippen LogP contribution in [0.3, 0.4) is 0 Å². The number of nitrogen functional groups attached to an aromatic ring is 2. The molecule has 3 rings (SSSR count). The van der Waals surface area contributed by atoms with Crippen molar-refractivity contribution in [2.75, 3.05) is 24.3 Å². The van der Waals surface area contributed by atoms with Crippen molar-refractivity contribution in [3.63, 3.8) is 0 Å². The van der Waals surface area contributed by atoms with Gasteiger partial charge in [-0.25, -0.2) is 4.98 Å². The van der Waals surface area contributed by atoms with Gasteiger partial charge in [-0.2, -0.15) is 15.0 Å². The summed E-state index contributed by atoms with van der Waals surface area (Å²) in [6, 6.07) is 7.80. The lowest BCUT2D eigenvalue weighted by molar-refractivity contribution is -0.128. The van der Waals surface area contributed by atoms with Gasteiger partial charge < -0.3 is 16.4 Å². The first-order valence-corrected chi connectivity index (χ1v) is 9.25. The van der Waals surface area contributed by atoms with Crippen LogP contribution in [0.15, 0.2) is 29.4 Å². The SMILES string of the molecule is C[C@H](c1nc2ccccc2s1)N(C)C(=O)CSc1nc(N)nc(N)n1. The standard InChI is InChI=1S/C15H17N7OS2/c1-8(12-18-9-5-3-4-6-10(9)25-12)22(2)11(23)7-24-15-20-13(16)19-14(17)21-15/h3-6,8H,7H2,1-2H3,(H4,16,17,19,20,21)/t8-/m1/s1. The number of hydrogen-bond acceptors (Lipinski definition) is 9. The first-order valence-electron chi connectivity index (χ1n) is 7.45. The molecule has 0 bridgehead atoms. The maximum Gasteiger partial charge on any atom is 0.233 e. The second-order valence-electron chi connectivity index (χ2n) is 5.32. The first kappa shape index (κ1) is 17.4. The van der Waals surface area contributed by atoms with Crippen LogP contribution in [0, 0.1) is 0 Å². The zero-order valence-corrected chi connectivity index (χ0v) is 15.3. The van der Waals surface area contributed by atoms with Crippen LogP contribution >= 0.6 is 23.1 Å². The second-order valence-corrected chi connectivity index (χ2v) is 7.33. The van der Waals surface area contributed by atoms with Crippen molar-refractivity contribution < 1.29 is 4.79 Å². The maximum absolute atomic E-state index is 12.5. The molecule has 1 aromatic carbocycles. The Bertz CT molecular complexity index is 861. The summed E-state index contributed by atoms with van der Waals surface area (Å²) in [5.74, 6) is 0.195. The highest BCUT2D eigenvalue weighted by molar-refractivity contribution is 7.99. The molecule has 2 aromatic heterocycles. The predicted molar refractivity (Wildman–Crippen MR) is 100 cm³/mol. The van der Waals surface area contributed by atoms with E-state index in [0.29, 0.717) is 5.16 Å². The van der Waals surface area contributed by atoms with Gasteiger partial charge in [0.2, 0.25) is 17.8 Å². The van der Waals surface area contributed by atoms with Crippen molar-refractivity contribution >= 4 is 51.1 Å². The summed E-state index contributed by atoms with van der Waals surface area (Å²) < 4.78 is 1.11. The number of para-hydroxylation sites is 1. The minimum absolute atomic E-state index is 0.0404. The first-order chi connectivity index (χ1) is 11.9. The molecule has 8 nitrogen and oxygen atoms in total. The quantitative estimate of drug-likeness (QED) is 0.649. The van der Waals surface area contributed by atoms with E-state index in [4.69, 9.17) is 11.5 Å². The number of nitrogens with two attached hydrogens (primary N) is 2. The van der Waals surface area contributed by atoms with Gasteiger partial charge in [-0.15, -0.1) is 11.3 Å². The summed E-state index contributed by atoms with van der Waals surface area (Å²) in [6.45, 7) is 1.96. The van der Waals surface area contributed by atoms with Gasteiger partial charge in [0.05, 0.1) is 22.0 Å². The lowest BCUT2D eigenvalue weighted by Crippen LogP contribution is -2.31. The highest BCUT2D eigenvalue weighted by Crippen LogP contribution is 2.29. The number of thioether (sulfide) groups is 1. The van der Waals surface area contributed by atoms with Crippen molar-refractivity contribution in [2.24, 2.45) is 0 Å². The van der Waals surface area contributed by atoms with Crippen LogP contribution in [0.5, 0.6) is 0 Å². The van der Waals surface area contributed by atoms with Crippen molar-refractivity contribution in [2.45, 2.75) is 18.1 Å². The van der Waals surface area contributed by atoms with Crippen molar-refractivity contribution in [1.29, 1.82) is 0 Å². The average molecular weight is 375 g/mol. The third kappa shape index (κ3) is 3.97. The Morgan fingerprint density at radius 3 is 2.56 bits per heavy atom. The molecular weight excluding hydrogens is 358 g/mol. The number of fused-ring (bicyclic) bond motifs is 1. The number of benzene rings is 1. The van der Waals surface area contributed by atoms with Gasteiger partial charge in [-0.05, 0) is 19.1 Å². The van der Waals surface area contributed by atoms with E-state index in [0.717, 1.165) is 15.2 Å². The largest absolute Gasteiger partial charge is 0.368 e. The Labute approximate surface area is 152 Å². The van der Waals surface area contributed by atoms with Gasteiger partial charge >= 0.3 is 0 Å². The highest BCUT2D eigenvalue weighted by atomic mass is 32.2. The molecule has 0 spiro atoms. The van der Waals surface area contributed by atoms with Gasteiger partial charge in [0.25, 0.3) is 0 Å². The summed E-state index contributed by atoms with van der Waals surface area (Å²) in [6.07, 6.45) is 0. The molecule has 0 unspecified atom stereocenters. The smallest absolute Gasteiger partial charge is 0.233 e. The van der Waals surface area contributed by atoms with E-state index in [-0.39, 0.29) is 29.6 Å². The molecule has 130 valence electrons. The zero-order valence-electron chi connectivity index (χ0n) is 13.7. The average Bonchev–Trinajstić information content (AvgIpc) is 3.01. The van der Waals surface area contributed by atoms with E-state index in [1.807, 2.05) is 31.2 Å². The van der Waals surface area contributed by atoms with E-state index in [2.05, 4.69) is 19.9 Å². The number of hydrogen-bond donors (Lipinski definition) is 2. The Balaban J connectivity index is 1.66. The normalized spacial score (nSPS) is 12.2. The van der Waals surface area contributed by atoms with Crippen LogP contribution in [0.1, 0.15) is 18.0 Å². The van der Waals surface area contributed by atoms with E-state index >= 15 is 0 Å². The molecule has 1 amide bonds. The van der Waals surface area contributed by atoms with Gasteiger partial charge in [-0.1, -0.05) is 23.9 Å². The van der Waals surface area contributed by atoms with Gasteiger partial charge in [0.1, 0.15) is 5.01 Å². The fourth-order valence-electron chi connectivity index (χ4n) is 2.13. The number of thiazole rings is 1. The fraction of sp³-hybridized carbons (Fsp3) is 0.267. The minimum Gasteiger partial charge on any atom is -0.368 e. The number of nitrogens with zero attached hydrogens (tertiary/aromatic N) is 5. The second kappa shape index (κ2) is 7.19. The van der Waals surface area contributed by atoms with Crippen LogP contribution in [-0.4, -0.2) is 43.5 Å². The molecule has 4 N–H and O–H groups in total. The third-order valence-corrected chi connectivity index (χ3v) is 5.66. The molecule has 2 heterocycles. The molecule has 0 aliphatic heterocycles. The number of amides is 1. The number of anilines is 2. The predicted octanol–water partition coefficient (Wildman–Crippen LogP) is 1.96. The monoisotopic (exact) mass is 375 g/mol. The van der Waals surface area contributed by atoms with Crippen LogP contribution in [-0.2, 0) is 4.79 Å². The van der Waals surface area contributed by atoms with E-state index < -0.39 is 0 Å². The summed E-state index contributed by atoms with van der Waals surface area (Å²) in [4.78, 5) is 30.4. The third-order valence-electron chi connectivity index (χ3n) is 3.62. The Morgan fingerprint density at radius 2 is 1.88 bits per heavy atom. The molecule has 0 aliphatic carbocycles. The topological polar surface area (TPSA) is 124 Å². The van der Waals surface area contributed by atoms with E-state index in [1.54, 1.807) is 23.3 Å². The lowest BCUT2D eigenvalue weighted by Gasteiger charge is -2.22. The van der Waals surface area contributed by atoms with E-state index in [9.17, 15) is 4.79 Å². The summed E-state index contributed by atoms with van der Waals surface area (Å²) >= 11 is 2.76. The number of carbonyl (C=O) groups excluding carboxylic acids is 1. The maximum atomic E-state index is 12.5. The lowest BCUT2D eigenvalue weighted by atomic mass is 10.3. The molecular formula is C15H17N7OS2. The van der Waals surface area contributed by atoms with Gasteiger partial charge in [0.15, 0.2) is 5.16 Å². The molecule has 25 heavy (non-hydrogen) atoms. The van der Waals surface area contributed by atoms with Crippen LogP contribution in [0.25, 0.3) is 10.2 Å². The van der Waals surface area contributed by atoms with Crippen molar-refractivity contribution in [1.82, 2.24) is 24.8 Å². The molecule has 0 saturated heterocycles. The molecule has 0 radical (unpaired) electrons. The van der Waals surface area contributed by atoms with Gasteiger partial charge in [0, 0.05) is 7.05 Å². The molecule has 0 fully saturated rings. The summed E-state index contributed by atoms with van der Waals surface area (Å²) in [7, 11) is 1.76. The van der Waals surface area contributed by atoms with E-state index in [1.165, 1.54) is 11.8 Å². The summed E-state index contributed by atoms with van der Waals surface area (Å²) in [5, 5.41) is 1.23. The van der Waals surface area contributed by atoms with Crippen LogP contribution in [0.4, 0.5) is 11.9 Å². The number of rotatable bonds is 5. The Morgan fingerprint density at radius 1 is 1.20 bits per heavy atom. The summed E-state index contributed by atoms with van der Waals surface area (Å²) in [5.41, 5.74) is 12.0. The number of aromatic nitrogens is 4. The fourth-order valence-corrected chi connectivity index (χ4v) is 3.97. The Hall–Kier alpha value is -2.46. The molecule has 0 aliphatic rings. The molecule has 1 atom stereocenters. The highest BCUT2D eigenvalue weighted by Gasteiger charge is 2.21. The van der Waals surface area contributed by atoms with Gasteiger partial charge in [-0.3, -0.25) is 4.79 Å². The number of carbonyl (C=O) groups is 1. The minimum atomic E-state index is -0.126. The molecule has 10 heteroatoms. The van der Waals surface area contributed by atoms with Crippen LogP contribution in [0.2, 0.25) is 0 Å². The molecule has 0 saturated carbocycles.